The minimum Gasteiger partial charge on any atom is -0.490 e. The molecule has 0 aliphatic heterocycles. The average Bonchev–Trinajstić information content (AvgIpc) is 2.58. The third-order valence-electron chi connectivity index (χ3n) is 2.96. The molecule has 0 saturated heterocycles. The van der Waals surface area contributed by atoms with Crippen LogP contribution < -0.4 is 9.47 Å². The van der Waals surface area contributed by atoms with Crippen molar-refractivity contribution in [1.82, 2.24) is 0 Å². The molecule has 5 nitrogen and oxygen atoms in total. The van der Waals surface area contributed by atoms with E-state index in [1.165, 1.54) is 0 Å². The first-order valence-electron chi connectivity index (χ1n) is 6.98. The summed E-state index contributed by atoms with van der Waals surface area (Å²) in [7, 11) is 0. The molecule has 0 saturated carbocycles. The highest BCUT2D eigenvalue weighted by Crippen LogP contribution is 2.26. The van der Waals surface area contributed by atoms with Crippen molar-refractivity contribution in [3.05, 3.63) is 59.7 Å². The molecule has 0 spiro atoms. The summed E-state index contributed by atoms with van der Waals surface area (Å²) >= 11 is 0. The number of hydrogen-bond donors (Lipinski definition) is 2. The van der Waals surface area contributed by atoms with Gasteiger partial charge in [-0.1, -0.05) is 24.3 Å². The van der Waals surface area contributed by atoms with Crippen LogP contribution in [0, 0.1) is 0 Å². The summed E-state index contributed by atoms with van der Waals surface area (Å²) in [6.45, 7) is -0.0165. The molecule has 0 amide bonds. The summed E-state index contributed by atoms with van der Waals surface area (Å²) in [4.78, 5) is 12.7. The van der Waals surface area contributed by atoms with Gasteiger partial charge in [0.1, 0.15) is 24.7 Å². The fourth-order valence-corrected chi connectivity index (χ4v) is 2.02. The van der Waals surface area contributed by atoms with Crippen LogP contribution in [-0.2, 0) is 0 Å². The minimum absolute atomic E-state index is 0.118. The number of carbonyl (C=O) groups is 1. The van der Waals surface area contributed by atoms with Gasteiger partial charge in [0.05, 0.1) is 24.3 Å². The zero-order valence-corrected chi connectivity index (χ0v) is 12.1. The van der Waals surface area contributed by atoms with Crippen molar-refractivity contribution < 1.29 is 24.5 Å². The number of ketones is 1. The molecule has 2 aromatic carbocycles. The molecule has 0 aliphatic rings. The summed E-state index contributed by atoms with van der Waals surface area (Å²) in [5.74, 6) is 0.596. The number of aliphatic hydroxyl groups excluding tert-OH is 2. The second-order valence-electron chi connectivity index (χ2n) is 4.47. The van der Waals surface area contributed by atoms with E-state index in [9.17, 15) is 4.79 Å². The van der Waals surface area contributed by atoms with Gasteiger partial charge in [0.2, 0.25) is 0 Å². The lowest BCUT2D eigenvalue weighted by molar-refractivity contribution is 0.102. The van der Waals surface area contributed by atoms with E-state index in [1.807, 2.05) is 0 Å². The van der Waals surface area contributed by atoms with Gasteiger partial charge in [-0.25, -0.2) is 0 Å². The van der Waals surface area contributed by atoms with Crippen molar-refractivity contribution in [1.29, 1.82) is 0 Å². The van der Waals surface area contributed by atoms with Gasteiger partial charge < -0.3 is 19.7 Å². The van der Waals surface area contributed by atoms with Gasteiger partial charge in [0.15, 0.2) is 5.78 Å². The van der Waals surface area contributed by atoms with Gasteiger partial charge in [0, 0.05) is 0 Å². The second kappa shape index (κ2) is 8.17. The Morgan fingerprint density at radius 2 is 1.18 bits per heavy atom. The second-order valence-corrected chi connectivity index (χ2v) is 4.47. The highest BCUT2D eigenvalue weighted by atomic mass is 16.5. The fourth-order valence-electron chi connectivity index (χ4n) is 2.02. The van der Waals surface area contributed by atoms with E-state index in [0.717, 1.165) is 0 Å². The zero-order valence-electron chi connectivity index (χ0n) is 12.1. The summed E-state index contributed by atoms with van der Waals surface area (Å²) in [6.07, 6.45) is 0. The van der Waals surface area contributed by atoms with Crippen molar-refractivity contribution in [2.75, 3.05) is 26.4 Å². The van der Waals surface area contributed by atoms with E-state index in [0.29, 0.717) is 22.6 Å². The Bertz CT molecular complexity index is 570. The van der Waals surface area contributed by atoms with Gasteiger partial charge in [-0.3, -0.25) is 4.79 Å². The smallest absolute Gasteiger partial charge is 0.200 e. The Kier molecular flexibility index (Phi) is 5.94. The van der Waals surface area contributed by atoms with Crippen LogP contribution in [0.15, 0.2) is 48.5 Å². The lowest BCUT2D eigenvalue weighted by Crippen LogP contribution is -2.10. The Morgan fingerprint density at radius 3 is 1.59 bits per heavy atom. The maximum atomic E-state index is 12.7. The molecule has 2 aromatic rings. The van der Waals surface area contributed by atoms with Crippen molar-refractivity contribution in [2.24, 2.45) is 0 Å². The molecular formula is C17H18O5. The molecule has 0 radical (unpaired) electrons. The largest absolute Gasteiger partial charge is 0.490 e. The van der Waals surface area contributed by atoms with Crippen LogP contribution in [0.25, 0.3) is 0 Å². The van der Waals surface area contributed by atoms with Crippen LogP contribution in [0.4, 0.5) is 0 Å². The molecule has 0 aromatic heterocycles. The van der Waals surface area contributed by atoms with Gasteiger partial charge in [-0.2, -0.15) is 0 Å². The van der Waals surface area contributed by atoms with Crippen LogP contribution >= 0.6 is 0 Å². The van der Waals surface area contributed by atoms with Gasteiger partial charge in [0.25, 0.3) is 0 Å². The molecule has 0 fully saturated rings. The number of carbonyl (C=O) groups excluding carboxylic acids is 1. The molecule has 0 heterocycles. The molecule has 0 atom stereocenters. The lowest BCUT2D eigenvalue weighted by atomic mass is 10.0. The molecule has 0 unspecified atom stereocenters. The van der Waals surface area contributed by atoms with E-state index in [-0.39, 0.29) is 32.2 Å². The lowest BCUT2D eigenvalue weighted by Gasteiger charge is -2.12. The first-order chi connectivity index (χ1) is 10.8. The number of benzene rings is 2. The summed E-state index contributed by atoms with van der Waals surface area (Å²) < 4.78 is 10.8. The molecule has 116 valence electrons. The SMILES string of the molecule is O=C(c1ccccc1OCCO)c1ccccc1OCCO. The molecule has 2 rings (SSSR count). The van der Waals surface area contributed by atoms with Crippen molar-refractivity contribution in [3.8, 4) is 11.5 Å². The van der Waals surface area contributed by atoms with Crippen molar-refractivity contribution >= 4 is 5.78 Å². The quantitative estimate of drug-likeness (QED) is 0.725. The summed E-state index contributed by atoms with van der Waals surface area (Å²) in [5.41, 5.74) is 0.798. The van der Waals surface area contributed by atoms with E-state index in [2.05, 4.69) is 0 Å². The predicted octanol–water partition coefficient (Wildman–Crippen LogP) is 1.66. The Balaban J connectivity index is 2.32. The maximum absolute atomic E-state index is 12.7. The number of hydrogen-bond acceptors (Lipinski definition) is 5. The van der Waals surface area contributed by atoms with Crippen LogP contribution in [0.3, 0.4) is 0 Å². The van der Waals surface area contributed by atoms with Crippen LogP contribution in [0.5, 0.6) is 11.5 Å². The average molecular weight is 302 g/mol. The Labute approximate surface area is 128 Å². The molecule has 0 aliphatic carbocycles. The fraction of sp³-hybridized carbons (Fsp3) is 0.235. The normalized spacial score (nSPS) is 10.3. The Hall–Kier alpha value is -2.37. The zero-order chi connectivity index (χ0) is 15.8. The first kappa shape index (κ1) is 16.0. The first-order valence-corrected chi connectivity index (χ1v) is 6.98. The maximum Gasteiger partial charge on any atom is 0.200 e. The molecule has 2 N–H and O–H groups in total. The number of aliphatic hydroxyl groups is 2. The Morgan fingerprint density at radius 1 is 0.773 bits per heavy atom. The van der Waals surface area contributed by atoms with E-state index >= 15 is 0 Å². The van der Waals surface area contributed by atoms with E-state index in [4.69, 9.17) is 19.7 Å². The highest BCUT2D eigenvalue weighted by molar-refractivity contribution is 6.12. The number of rotatable bonds is 8. The number of ether oxygens (including phenoxy) is 2. The van der Waals surface area contributed by atoms with Gasteiger partial charge in [-0.05, 0) is 24.3 Å². The summed E-state index contributed by atoms with van der Waals surface area (Å²) in [6, 6.07) is 13.7. The highest BCUT2D eigenvalue weighted by Gasteiger charge is 2.18. The minimum atomic E-state index is -0.234. The predicted molar refractivity (Wildman–Crippen MR) is 81.5 cm³/mol. The standard InChI is InChI=1S/C17H18O5/c18-9-11-21-15-7-3-1-5-13(15)17(20)14-6-2-4-8-16(14)22-12-10-19/h1-8,18-19H,9-12H2. The monoisotopic (exact) mass is 302 g/mol. The third kappa shape index (κ3) is 3.84. The summed E-state index contributed by atoms with van der Waals surface area (Å²) in [5, 5.41) is 17.7. The van der Waals surface area contributed by atoms with Crippen LogP contribution in [-0.4, -0.2) is 42.4 Å². The molecule has 22 heavy (non-hydrogen) atoms. The van der Waals surface area contributed by atoms with Crippen molar-refractivity contribution in [2.45, 2.75) is 0 Å². The topological polar surface area (TPSA) is 76.0 Å². The van der Waals surface area contributed by atoms with Crippen molar-refractivity contribution in [3.63, 3.8) is 0 Å². The van der Waals surface area contributed by atoms with Gasteiger partial charge in [-0.15, -0.1) is 0 Å². The van der Waals surface area contributed by atoms with E-state index < -0.39 is 0 Å². The molecular weight excluding hydrogens is 284 g/mol. The third-order valence-corrected chi connectivity index (χ3v) is 2.96. The molecule has 0 bridgehead atoms. The molecule has 5 heteroatoms. The van der Waals surface area contributed by atoms with Gasteiger partial charge >= 0.3 is 0 Å². The van der Waals surface area contributed by atoms with E-state index in [1.54, 1.807) is 48.5 Å². The van der Waals surface area contributed by atoms with Crippen LogP contribution in [0.1, 0.15) is 15.9 Å². The van der Waals surface area contributed by atoms with Crippen LogP contribution in [0.2, 0.25) is 0 Å². The number of para-hydroxylation sites is 2.